The molecule has 90 valence electrons. The number of nitrogens with zero attached hydrogens (tertiary/aromatic N) is 1. The van der Waals surface area contributed by atoms with Crippen LogP contribution in [-0.2, 0) is 9.53 Å². The van der Waals surface area contributed by atoms with Crippen LogP contribution in [0.15, 0.2) is 48.6 Å². The van der Waals surface area contributed by atoms with Crippen LogP contribution in [0, 0.1) is 16.7 Å². The molecule has 0 spiro atoms. The topological polar surface area (TPSA) is 50.1 Å². The molecule has 18 heavy (non-hydrogen) atoms. The van der Waals surface area contributed by atoms with Crippen molar-refractivity contribution in [2.45, 2.75) is 6.42 Å². The Morgan fingerprint density at radius 2 is 2.11 bits per heavy atom. The lowest BCUT2D eigenvalue weighted by atomic mass is 9.78. The van der Waals surface area contributed by atoms with E-state index in [4.69, 9.17) is 4.74 Å². The molecule has 0 N–H and O–H groups in total. The van der Waals surface area contributed by atoms with Gasteiger partial charge in [-0.25, -0.2) is 4.79 Å². The first-order chi connectivity index (χ1) is 8.72. The fourth-order valence-electron chi connectivity index (χ4n) is 2.04. The highest BCUT2D eigenvalue weighted by atomic mass is 16.5. The van der Waals surface area contributed by atoms with E-state index in [-0.39, 0.29) is 0 Å². The summed E-state index contributed by atoms with van der Waals surface area (Å²) in [6.07, 6.45) is 5.61. The second kappa shape index (κ2) is 4.89. The van der Waals surface area contributed by atoms with Crippen LogP contribution in [0.3, 0.4) is 0 Å². The molecule has 0 aromatic heterocycles. The number of nitriles is 1. The minimum Gasteiger partial charge on any atom is -0.468 e. The van der Waals surface area contributed by atoms with Crippen LogP contribution in [-0.4, -0.2) is 13.1 Å². The van der Waals surface area contributed by atoms with Gasteiger partial charge in [0.2, 0.25) is 0 Å². The van der Waals surface area contributed by atoms with Gasteiger partial charge in [-0.2, -0.15) is 5.26 Å². The molecule has 0 radical (unpaired) electrons. The van der Waals surface area contributed by atoms with E-state index in [0.29, 0.717) is 6.42 Å². The third-order valence-electron chi connectivity index (χ3n) is 3.04. The van der Waals surface area contributed by atoms with Crippen molar-refractivity contribution in [1.29, 1.82) is 5.26 Å². The van der Waals surface area contributed by atoms with E-state index in [1.807, 2.05) is 36.4 Å². The second-order valence-electron chi connectivity index (χ2n) is 4.17. The van der Waals surface area contributed by atoms with Gasteiger partial charge in [0, 0.05) is 6.42 Å². The maximum Gasteiger partial charge on any atom is 0.330 e. The van der Waals surface area contributed by atoms with Crippen molar-refractivity contribution in [3.8, 4) is 6.07 Å². The molecule has 0 bridgehead atoms. The SMILES string of the molecule is COC(=O)C1(C#N)C=CC=C(c2ccccc2)C1. The number of rotatable bonds is 2. The van der Waals surface area contributed by atoms with E-state index in [2.05, 4.69) is 6.07 Å². The Morgan fingerprint density at radius 1 is 1.39 bits per heavy atom. The summed E-state index contributed by atoms with van der Waals surface area (Å²) in [5.74, 6) is -0.511. The van der Waals surface area contributed by atoms with Crippen molar-refractivity contribution in [3.05, 3.63) is 54.1 Å². The summed E-state index contributed by atoms with van der Waals surface area (Å²) in [6.45, 7) is 0. The molecule has 0 heterocycles. The van der Waals surface area contributed by atoms with Crippen LogP contribution >= 0.6 is 0 Å². The Labute approximate surface area is 106 Å². The van der Waals surface area contributed by atoms with Crippen LogP contribution in [0.4, 0.5) is 0 Å². The summed E-state index contributed by atoms with van der Waals surface area (Å²) < 4.78 is 4.73. The molecule has 1 unspecified atom stereocenters. The molecule has 0 fully saturated rings. The van der Waals surface area contributed by atoms with Gasteiger partial charge in [-0.05, 0) is 11.1 Å². The summed E-state index contributed by atoms with van der Waals surface area (Å²) >= 11 is 0. The average Bonchev–Trinajstić information content (AvgIpc) is 2.47. The van der Waals surface area contributed by atoms with Gasteiger partial charge >= 0.3 is 5.97 Å². The lowest BCUT2D eigenvalue weighted by Gasteiger charge is -2.24. The van der Waals surface area contributed by atoms with Crippen molar-refractivity contribution < 1.29 is 9.53 Å². The normalized spacial score (nSPS) is 21.9. The maximum absolute atomic E-state index is 11.8. The highest BCUT2D eigenvalue weighted by molar-refractivity contribution is 5.87. The fraction of sp³-hybridized carbons (Fsp3) is 0.200. The van der Waals surface area contributed by atoms with E-state index < -0.39 is 11.4 Å². The lowest BCUT2D eigenvalue weighted by Crippen LogP contribution is -2.30. The predicted octanol–water partition coefficient (Wildman–Crippen LogP) is 2.71. The number of esters is 1. The van der Waals surface area contributed by atoms with Crippen molar-refractivity contribution >= 4 is 11.5 Å². The Bertz CT molecular complexity index is 552. The molecule has 1 aromatic rings. The average molecular weight is 239 g/mol. The monoisotopic (exact) mass is 239 g/mol. The fourth-order valence-corrected chi connectivity index (χ4v) is 2.04. The van der Waals surface area contributed by atoms with Crippen molar-refractivity contribution in [3.63, 3.8) is 0 Å². The zero-order chi connectivity index (χ0) is 13.0. The zero-order valence-corrected chi connectivity index (χ0v) is 10.1. The van der Waals surface area contributed by atoms with Crippen molar-refractivity contribution in [2.75, 3.05) is 7.11 Å². The van der Waals surface area contributed by atoms with Gasteiger partial charge < -0.3 is 4.74 Å². The molecule has 0 amide bonds. The molecule has 1 aromatic carbocycles. The first-order valence-corrected chi connectivity index (χ1v) is 5.65. The molecular weight excluding hydrogens is 226 g/mol. The van der Waals surface area contributed by atoms with Gasteiger partial charge in [0.15, 0.2) is 5.41 Å². The van der Waals surface area contributed by atoms with E-state index in [9.17, 15) is 10.1 Å². The minimum atomic E-state index is -1.20. The van der Waals surface area contributed by atoms with Gasteiger partial charge in [0.25, 0.3) is 0 Å². The minimum absolute atomic E-state index is 0.344. The Kier molecular flexibility index (Phi) is 3.29. The van der Waals surface area contributed by atoms with Gasteiger partial charge in [0.1, 0.15) is 0 Å². The smallest absolute Gasteiger partial charge is 0.330 e. The van der Waals surface area contributed by atoms with E-state index in [1.54, 1.807) is 12.2 Å². The van der Waals surface area contributed by atoms with Crippen LogP contribution in [0.1, 0.15) is 12.0 Å². The van der Waals surface area contributed by atoms with Crippen LogP contribution in [0.25, 0.3) is 5.57 Å². The molecular formula is C15H13NO2. The molecule has 3 heteroatoms. The predicted molar refractivity (Wildman–Crippen MR) is 68.2 cm³/mol. The lowest BCUT2D eigenvalue weighted by molar-refractivity contribution is -0.146. The summed E-state index contributed by atoms with van der Waals surface area (Å²) in [7, 11) is 1.30. The van der Waals surface area contributed by atoms with Gasteiger partial charge in [0.05, 0.1) is 13.2 Å². The number of allylic oxidation sites excluding steroid dienone is 3. The Morgan fingerprint density at radius 3 is 2.72 bits per heavy atom. The van der Waals surface area contributed by atoms with Crippen LogP contribution < -0.4 is 0 Å². The maximum atomic E-state index is 11.8. The molecule has 0 aliphatic heterocycles. The second-order valence-corrected chi connectivity index (χ2v) is 4.17. The quantitative estimate of drug-likeness (QED) is 0.745. The molecule has 1 aliphatic carbocycles. The number of carbonyl (C=O) groups excluding carboxylic acids is 1. The number of hydrogen-bond acceptors (Lipinski definition) is 3. The molecule has 1 atom stereocenters. The largest absolute Gasteiger partial charge is 0.468 e. The van der Waals surface area contributed by atoms with E-state index in [1.165, 1.54) is 7.11 Å². The standard InChI is InChI=1S/C15H13NO2/c1-18-14(17)15(11-16)9-5-8-13(10-15)12-6-3-2-4-7-12/h2-9H,10H2,1H3. The highest BCUT2D eigenvalue weighted by Gasteiger charge is 2.39. The van der Waals surface area contributed by atoms with Crippen molar-refractivity contribution in [2.24, 2.45) is 5.41 Å². The van der Waals surface area contributed by atoms with Gasteiger partial charge in [-0.15, -0.1) is 0 Å². The van der Waals surface area contributed by atoms with E-state index >= 15 is 0 Å². The summed E-state index contributed by atoms with van der Waals surface area (Å²) in [6, 6.07) is 11.8. The van der Waals surface area contributed by atoms with Gasteiger partial charge in [-0.3, -0.25) is 0 Å². The third kappa shape index (κ3) is 2.05. The molecule has 1 aliphatic rings. The number of hydrogen-bond donors (Lipinski definition) is 0. The highest BCUT2D eigenvalue weighted by Crippen LogP contribution is 2.36. The van der Waals surface area contributed by atoms with Gasteiger partial charge in [-0.1, -0.05) is 48.6 Å². The molecule has 0 saturated heterocycles. The number of benzene rings is 1. The Balaban J connectivity index is 2.35. The number of carbonyl (C=O) groups is 1. The first kappa shape index (κ1) is 12.1. The number of methoxy groups -OCH3 is 1. The van der Waals surface area contributed by atoms with Crippen molar-refractivity contribution in [1.82, 2.24) is 0 Å². The summed E-state index contributed by atoms with van der Waals surface area (Å²) in [4.78, 5) is 11.8. The third-order valence-corrected chi connectivity index (χ3v) is 3.04. The molecule has 3 nitrogen and oxygen atoms in total. The number of ether oxygens (including phenoxy) is 1. The summed E-state index contributed by atoms with van der Waals surface area (Å²) in [5.41, 5.74) is 0.782. The van der Waals surface area contributed by atoms with Crippen LogP contribution in [0.2, 0.25) is 0 Å². The summed E-state index contributed by atoms with van der Waals surface area (Å²) in [5, 5.41) is 9.28. The zero-order valence-electron chi connectivity index (χ0n) is 10.1. The molecule has 0 saturated carbocycles. The first-order valence-electron chi connectivity index (χ1n) is 5.65. The van der Waals surface area contributed by atoms with Crippen LogP contribution in [0.5, 0.6) is 0 Å². The molecule has 2 rings (SSSR count). The Hall–Kier alpha value is -2.34. The van der Waals surface area contributed by atoms with E-state index in [0.717, 1.165) is 11.1 Å².